The molecule has 2 aliphatic heterocycles. The highest BCUT2D eigenvalue weighted by Gasteiger charge is 2.19. The first kappa shape index (κ1) is 18.5. The van der Waals surface area contributed by atoms with Crippen molar-refractivity contribution in [1.29, 1.82) is 0 Å². The van der Waals surface area contributed by atoms with Gasteiger partial charge in [0, 0.05) is 44.0 Å². The largest absolute Gasteiger partial charge is 0.375 e. The second-order valence-corrected chi connectivity index (χ2v) is 7.06. The maximum Gasteiger partial charge on any atom is 0.251 e. The average molecular weight is 355 g/mol. The van der Waals surface area contributed by atoms with Gasteiger partial charge in [0.25, 0.3) is 5.56 Å². The van der Waals surface area contributed by atoms with E-state index >= 15 is 0 Å². The number of anilines is 2. The summed E-state index contributed by atoms with van der Waals surface area (Å²) in [5.41, 5.74) is 2.32. The lowest BCUT2D eigenvalue weighted by Gasteiger charge is -2.33. The van der Waals surface area contributed by atoms with Gasteiger partial charge in [-0.3, -0.25) is 4.79 Å². The number of hydrogen-bond donors (Lipinski definition) is 1. The molecule has 26 heavy (non-hydrogen) atoms. The highest BCUT2D eigenvalue weighted by molar-refractivity contribution is 5.55. The summed E-state index contributed by atoms with van der Waals surface area (Å²) in [7, 11) is 0. The number of aromatic nitrogens is 1. The van der Waals surface area contributed by atoms with E-state index in [0.717, 1.165) is 44.3 Å². The van der Waals surface area contributed by atoms with Crippen LogP contribution in [0.1, 0.15) is 25.3 Å². The van der Waals surface area contributed by atoms with E-state index in [9.17, 15) is 4.79 Å². The molecule has 1 atom stereocenters. The summed E-state index contributed by atoms with van der Waals surface area (Å²) >= 11 is 0. The van der Waals surface area contributed by atoms with Gasteiger partial charge in [0.1, 0.15) is 5.82 Å². The molecule has 2 fully saturated rings. The summed E-state index contributed by atoms with van der Waals surface area (Å²) in [6, 6.07) is 14.1. The molecule has 0 spiro atoms. The molecule has 2 aromatic rings. The van der Waals surface area contributed by atoms with Crippen LogP contribution in [0.3, 0.4) is 0 Å². The molecule has 0 radical (unpaired) electrons. The maximum absolute atomic E-state index is 11.9. The van der Waals surface area contributed by atoms with Gasteiger partial charge < -0.3 is 19.5 Å². The van der Waals surface area contributed by atoms with Crippen LogP contribution in [0.5, 0.6) is 0 Å². The average Bonchev–Trinajstić information content (AvgIpc) is 3.17. The van der Waals surface area contributed by atoms with Gasteiger partial charge in [-0.2, -0.15) is 0 Å². The Balaban J connectivity index is 0.000000236. The number of morpholine rings is 1. The van der Waals surface area contributed by atoms with Crippen molar-refractivity contribution in [2.45, 2.75) is 32.8 Å². The number of H-pyrrole nitrogens is 1. The first-order valence-corrected chi connectivity index (χ1v) is 9.49. The van der Waals surface area contributed by atoms with Crippen molar-refractivity contribution in [1.82, 2.24) is 4.98 Å². The second-order valence-electron chi connectivity index (χ2n) is 7.06. The van der Waals surface area contributed by atoms with E-state index in [1.807, 2.05) is 18.2 Å². The van der Waals surface area contributed by atoms with Gasteiger partial charge in [0.15, 0.2) is 0 Å². The first-order valence-electron chi connectivity index (χ1n) is 9.49. The lowest BCUT2D eigenvalue weighted by Crippen LogP contribution is -2.41. The lowest BCUT2D eigenvalue weighted by molar-refractivity contribution is 0.0532. The number of nitrogens with zero attached hydrogens (tertiary/aromatic N) is 2. The van der Waals surface area contributed by atoms with Gasteiger partial charge in [0.2, 0.25) is 0 Å². The molecule has 0 bridgehead atoms. The van der Waals surface area contributed by atoms with Crippen molar-refractivity contribution in [3.63, 3.8) is 0 Å². The Kier molecular flexibility index (Phi) is 6.34. The molecule has 4 rings (SSSR count). The molecular formula is C21H29N3O2. The predicted octanol–water partition coefficient (Wildman–Crippen LogP) is 3.20. The number of rotatable bonds is 2. The van der Waals surface area contributed by atoms with Crippen molar-refractivity contribution < 1.29 is 4.74 Å². The third-order valence-electron chi connectivity index (χ3n) is 4.81. The molecule has 1 N–H and O–H groups in total. The highest BCUT2D eigenvalue weighted by atomic mass is 16.5. The van der Waals surface area contributed by atoms with Crippen molar-refractivity contribution >= 4 is 11.5 Å². The molecular weight excluding hydrogens is 326 g/mol. The normalized spacial score (nSPS) is 19.8. The maximum atomic E-state index is 11.9. The molecule has 0 saturated carbocycles. The molecule has 2 saturated heterocycles. The number of nitrogens with one attached hydrogen (secondary N) is 1. The van der Waals surface area contributed by atoms with Gasteiger partial charge in [-0.05, 0) is 26.7 Å². The van der Waals surface area contributed by atoms with E-state index in [1.54, 1.807) is 6.07 Å². The highest BCUT2D eigenvalue weighted by Crippen LogP contribution is 2.23. The zero-order valence-corrected chi connectivity index (χ0v) is 15.8. The Morgan fingerprint density at radius 3 is 2.38 bits per heavy atom. The van der Waals surface area contributed by atoms with Crippen LogP contribution in [-0.2, 0) is 4.74 Å². The van der Waals surface area contributed by atoms with Gasteiger partial charge >= 0.3 is 0 Å². The molecule has 0 amide bonds. The van der Waals surface area contributed by atoms with Crippen molar-refractivity contribution in [2.75, 3.05) is 42.6 Å². The van der Waals surface area contributed by atoms with Gasteiger partial charge in [-0.15, -0.1) is 0 Å². The van der Waals surface area contributed by atoms with E-state index in [0.29, 0.717) is 0 Å². The summed E-state index contributed by atoms with van der Waals surface area (Å²) in [6.45, 7) is 8.67. The Morgan fingerprint density at radius 2 is 1.77 bits per heavy atom. The standard InChI is InChI=1S/C14H21N3O2.C7H8/c1-11-10-17(6-7-19-11)12-8-13(15-14(18)9-12)16-4-2-3-5-16;1-7-5-3-2-4-6-7/h8-9,11H,2-7,10H2,1H3,(H,15,18);2-6H,1H3/t11-;/m1./s1. The van der Waals surface area contributed by atoms with Gasteiger partial charge in [-0.1, -0.05) is 35.9 Å². The van der Waals surface area contributed by atoms with E-state index < -0.39 is 0 Å². The summed E-state index contributed by atoms with van der Waals surface area (Å²) in [5.74, 6) is 0.958. The lowest BCUT2D eigenvalue weighted by atomic mass is 10.2. The Labute approximate surface area is 155 Å². The van der Waals surface area contributed by atoms with Crippen LogP contribution < -0.4 is 15.4 Å². The number of aryl methyl sites for hydroxylation is 1. The van der Waals surface area contributed by atoms with Crippen molar-refractivity contribution in [3.8, 4) is 0 Å². The topological polar surface area (TPSA) is 48.6 Å². The Morgan fingerprint density at radius 1 is 1.04 bits per heavy atom. The molecule has 0 aliphatic carbocycles. The fourth-order valence-electron chi connectivity index (χ4n) is 3.41. The number of aromatic amines is 1. The molecule has 140 valence electrons. The second kappa shape index (κ2) is 8.90. The van der Waals surface area contributed by atoms with Crippen LogP contribution >= 0.6 is 0 Å². The Bertz CT molecular complexity index is 738. The van der Waals surface area contributed by atoms with Crippen LogP contribution in [0, 0.1) is 6.92 Å². The quantitative estimate of drug-likeness (QED) is 0.899. The van der Waals surface area contributed by atoms with E-state index in [4.69, 9.17) is 4.74 Å². The van der Waals surface area contributed by atoms with E-state index in [2.05, 4.69) is 46.8 Å². The van der Waals surface area contributed by atoms with Crippen LogP contribution in [0.2, 0.25) is 0 Å². The first-order chi connectivity index (χ1) is 12.6. The fraction of sp³-hybridized carbons (Fsp3) is 0.476. The third-order valence-corrected chi connectivity index (χ3v) is 4.81. The van der Waals surface area contributed by atoms with Gasteiger partial charge in [-0.25, -0.2) is 0 Å². The molecule has 1 aromatic carbocycles. The zero-order chi connectivity index (χ0) is 18.4. The molecule has 2 aliphatic rings. The minimum absolute atomic E-state index is 0.0152. The Hall–Kier alpha value is -2.27. The monoisotopic (exact) mass is 355 g/mol. The zero-order valence-electron chi connectivity index (χ0n) is 15.8. The number of hydrogen-bond acceptors (Lipinski definition) is 4. The SMILES string of the molecule is C[C@@H]1CN(c2cc(N3CCCC3)[nH]c(=O)c2)CCO1.Cc1ccccc1. The molecule has 5 nitrogen and oxygen atoms in total. The van der Waals surface area contributed by atoms with Crippen molar-refractivity contribution in [2.24, 2.45) is 0 Å². The number of benzene rings is 1. The van der Waals surface area contributed by atoms with Crippen LogP contribution in [0.25, 0.3) is 0 Å². The molecule has 0 unspecified atom stereocenters. The van der Waals surface area contributed by atoms with E-state index in [1.165, 1.54) is 18.4 Å². The predicted molar refractivity (Wildman–Crippen MR) is 107 cm³/mol. The number of ether oxygens (including phenoxy) is 1. The summed E-state index contributed by atoms with van der Waals surface area (Å²) in [4.78, 5) is 19.3. The minimum Gasteiger partial charge on any atom is -0.375 e. The summed E-state index contributed by atoms with van der Waals surface area (Å²) < 4.78 is 5.55. The number of pyridine rings is 1. The van der Waals surface area contributed by atoms with Crippen LogP contribution in [0.4, 0.5) is 11.5 Å². The van der Waals surface area contributed by atoms with Crippen LogP contribution in [-0.4, -0.2) is 43.9 Å². The van der Waals surface area contributed by atoms with E-state index in [-0.39, 0.29) is 11.7 Å². The molecule has 3 heterocycles. The summed E-state index contributed by atoms with van der Waals surface area (Å²) in [5, 5.41) is 0. The molecule has 1 aromatic heterocycles. The smallest absolute Gasteiger partial charge is 0.251 e. The van der Waals surface area contributed by atoms with Crippen LogP contribution in [0.15, 0.2) is 47.3 Å². The molecule has 5 heteroatoms. The third kappa shape index (κ3) is 5.11. The van der Waals surface area contributed by atoms with Crippen molar-refractivity contribution in [3.05, 3.63) is 58.4 Å². The van der Waals surface area contributed by atoms with Gasteiger partial charge in [0.05, 0.1) is 12.7 Å². The summed E-state index contributed by atoms with van der Waals surface area (Å²) in [6.07, 6.45) is 2.64. The minimum atomic E-state index is -0.0152. The fourth-order valence-corrected chi connectivity index (χ4v) is 3.41.